The number of nitrogens with zero attached hydrogens (tertiary/aromatic N) is 2. The Bertz CT molecular complexity index is 1350. The third kappa shape index (κ3) is 3.77. The van der Waals surface area contributed by atoms with Crippen LogP contribution in [-0.2, 0) is 13.0 Å². The first kappa shape index (κ1) is 21.3. The highest BCUT2D eigenvalue weighted by Crippen LogP contribution is 2.41. The maximum Gasteiger partial charge on any atom is 0.258 e. The van der Waals surface area contributed by atoms with Gasteiger partial charge < -0.3 is 25.3 Å². The molecular weight excluding hydrogens is 430 g/mol. The number of nitriles is 1. The summed E-state index contributed by atoms with van der Waals surface area (Å²) in [6, 6.07) is 15.3. The summed E-state index contributed by atoms with van der Waals surface area (Å²) in [4.78, 5) is 13.6. The van der Waals surface area contributed by atoms with Crippen LogP contribution in [0.5, 0.6) is 17.2 Å². The highest BCUT2D eigenvalue weighted by molar-refractivity contribution is 6.30. The van der Waals surface area contributed by atoms with Crippen LogP contribution in [0.2, 0.25) is 5.02 Å². The summed E-state index contributed by atoms with van der Waals surface area (Å²) in [5, 5.41) is 29.5. The number of halogens is 1. The van der Waals surface area contributed by atoms with E-state index in [2.05, 4.69) is 6.07 Å². The molecule has 0 saturated carbocycles. The number of hydrogen-bond donors (Lipinski definition) is 3. The summed E-state index contributed by atoms with van der Waals surface area (Å²) in [7, 11) is 0. The van der Waals surface area contributed by atoms with Gasteiger partial charge in [0.05, 0.1) is 11.5 Å². The lowest BCUT2D eigenvalue weighted by Crippen LogP contribution is -2.33. The maximum absolute atomic E-state index is 13.6. The number of pyridine rings is 1. The first-order valence-electron chi connectivity index (χ1n) is 9.88. The monoisotopic (exact) mass is 449 g/mol. The van der Waals surface area contributed by atoms with Crippen LogP contribution < -0.4 is 16.0 Å². The average Bonchev–Trinajstić information content (AvgIpc) is 2.75. The SMILES string of the molecule is Cc1cc2c(c(=O)n1CCc1ccc(O)c(O)c1)C(c1cccc(Cl)c1)C(C#N)=C(N)O2. The number of aromatic hydroxyl groups is 2. The second kappa shape index (κ2) is 8.33. The molecule has 1 unspecified atom stereocenters. The number of aromatic nitrogens is 1. The minimum atomic E-state index is -0.709. The van der Waals surface area contributed by atoms with Crippen LogP contribution in [0, 0.1) is 18.3 Å². The Morgan fingerprint density at radius 2 is 1.97 bits per heavy atom. The fourth-order valence-electron chi connectivity index (χ4n) is 3.95. The summed E-state index contributed by atoms with van der Waals surface area (Å²) >= 11 is 6.17. The van der Waals surface area contributed by atoms with Gasteiger partial charge in [-0.3, -0.25) is 4.79 Å². The third-order valence-electron chi connectivity index (χ3n) is 5.54. The molecule has 0 amide bonds. The number of benzene rings is 2. The minimum absolute atomic E-state index is 0.0407. The van der Waals surface area contributed by atoms with Gasteiger partial charge in [0, 0.05) is 23.3 Å². The van der Waals surface area contributed by atoms with Crippen molar-refractivity contribution in [2.75, 3.05) is 0 Å². The molecule has 3 aromatic rings. The van der Waals surface area contributed by atoms with Crippen LogP contribution in [0.3, 0.4) is 0 Å². The molecule has 1 aliphatic heterocycles. The Kier molecular flexibility index (Phi) is 5.56. The highest BCUT2D eigenvalue weighted by atomic mass is 35.5. The molecule has 4 N–H and O–H groups in total. The number of phenolic OH excluding ortho intramolecular Hbond substituents is 2. The van der Waals surface area contributed by atoms with E-state index in [9.17, 15) is 20.3 Å². The fourth-order valence-corrected chi connectivity index (χ4v) is 4.15. The van der Waals surface area contributed by atoms with Crippen molar-refractivity contribution in [1.29, 1.82) is 5.26 Å². The maximum atomic E-state index is 13.6. The Labute approximate surface area is 189 Å². The Morgan fingerprint density at radius 3 is 2.66 bits per heavy atom. The molecule has 162 valence electrons. The second-order valence-corrected chi connectivity index (χ2v) is 8.01. The number of allylic oxidation sites excluding steroid dienone is 1. The molecule has 0 radical (unpaired) electrons. The molecule has 4 rings (SSSR count). The number of aryl methyl sites for hydroxylation is 2. The van der Waals surface area contributed by atoms with Crippen molar-refractivity contribution in [2.24, 2.45) is 5.73 Å². The van der Waals surface area contributed by atoms with E-state index in [-0.39, 0.29) is 28.5 Å². The largest absolute Gasteiger partial charge is 0.504 e. The molecule has 1 aromatic heterocycles. The fraction of sp³-hybridized carbons (Fsp3) is 0.167. The zero-order chi connectivity index (χ0) is 23.0. The lowest BCUT2D eigenvalue weighted by molar-refractivity contribution is 0.388. The van der Waals surface area contributed by atoms with Gasteiger partial charge in [-0.2, -0.15) is 5.26 Å². The summed E-state index contributed by atoms with van der Waals surface area (Å²) in [6.45, 7) is 2.11. The quantitative estimate of drug-likeness (QED) is 0.522. The molecule has 0 saturated heterocycles. The van der Waals surface area contributed by atoms with Gasteiger partial charge in [0.1, 0.15) is 17.4 Å². The second-order valence-electron chi connectivity index (χ2n) is 7.57. The van der Waals surface area contributed by atoms with E-state index in [4.69, 9.17) is 22.1 Å². The predicted octanol–water partition coefficient (Wildman–Crippen LogP) is 3.68. The topological polar surface area (TPSA) is 122 Å². The Morgan fingerprint density at radius 1 is 1.19 bits per heavy atom. The lowest BCUT2D eigenvalue weighted by atomic mass is 9.84. The van der Waals surface area contributed by atoms with Crippen LogP contribution >= 0.6 is 11.6 Å². The van der Waals surface area contributed by atoms with Gasteiger partial charge in [-0.05, 0) is 48.7 Å². The normalized spacial score (nSPS) is 15.1. The first-order chi connectivity index (χ1) is 15.3. The molecule has 2 heterocycles. The molecule has 0 bridgehead atoms. The van der Waals surface area contributed by atoms with E-state index in [1.165, 1.54) is 12.1 Å². The lowest BCUT2D eigenvalue weighted by Gasteiger charge is -2.27. The first-order valence-corrected chi connectivity index (χ1v) is 10.3. The van der Waals surface area contributed by atoms with Gasteiger partial charge in [0.15, 0.2) is 11.5 Å². The molecule has 0 fully saturated rings. The zero-order valence-corrected chi connectivity index (χ0v) is 17.9. The molecule has 8 heteroatoms. The van der Waals surface area contributed by atoms with Gasteiger partial charge in [0.2, 0.25) is 5.88 Å². The standard InChI is InChI=1S/C24H20ClN3O4/c1-13-9-20-22(24(31)28(13)8-7-14-5-6-18(29)19(30)10-14)21(17(12-26)23(27)32-20)15-3-2-4-16(25)11-15/h2-6,9-11,21,29-30H,7-8,27H2,1H3. The van der Waals surface area contributed by atoms with Crippen LogP contribution in [0.1, 0.15) is 28.3 Å². The Balaban J connectivity index is 1.81. The van der Waals surface area contributed by atoms with Crippen molar-refractivity contribution in [2.45, 2.75) is 25.8 Å². The molecule has 0 spiro atoms. The van der Waals surface area contributed by atoms with Gasteiger partial charge in [-0.25, -0.2) is 0 Å². The number of nitrogens with two attached hydrogens (primary N) is 1. The summed E-state index contributed by atoms with van der Waals surface area (Å²) < 4.78 is 7.25. The highest BCUT2D eigenvalue weighted by Gasteiger charge is 2.34. The summed E-state index contributed by atoms with van der Waals surface area (Å²) in [5.74, 6) is -0.857. The predicted molar refractivity (Wildman–Crippen MR) is 120 cm³/mol. The van der Waals surface area contributed by atoms with E-state index >= 15 is 0 Å². The van der Waals surface area contributed by atoms with Crippen molar-refractivity contribution >= 4 is 11.6 Å². The van der Waals surface area contributed by atoms with E-state index < -0.39 is 5.92 Å². The molecule has 32 heavy (non-hydrogen) atoms. The molecule has 0 aliphatic carbocycles. The van der Waals surface area contributed by atoms with E-state index in [1.54, 1.807) is 47.9 Å². The number of hydrogen-bond acceptors (Lipinski definition) is 6. The number of rotatable bonds is 4. The molecule has 2 aromatic carbocycles. The van der Waals surface area contributed by atoms with E-state index in [0.717, 1.165) is 5.56 Å². The van der Waals surface area contributed by atoms with Crippen molar-refractivity contribution in [3.63, 3.8) is 0 Å². The number of phenols is 2. The average molecular weight is 450 g/mol. The van der Waals surface area contributed by atoms with Gasteiger partial charge in [-0.15, -0.1) is 0 Å². The molecule has 1 aliphatic rings. The third-order valence-corrected chi connectivity index (χ3v) is 5.77. The van der Waals surface area contributed by atoms with E-state index in [0.29, 0.717) is 40.6 Å². The van der Waals surface area contributed by atoms with Crippen LogP contribution in [0.4, 0.5) is 0 Å². The van der Waals surface area contributed by atoms with Crippen molar-refractivity contribution in [3.8, 4) is 23.3 Å². The van der Waals surface area contributed by atoms with Gasteiger partial charge in [0.25, 0.3) is 5.56 Å². The van der Waals surface area contributed by atoms with Crippen LogP contribution in [0.15, 0.2) is 64.8 Å². The van der Waals surface area contributed by atoms with Crippen molar-refractivity contribution in [3.05, 3.63) is 97.7 Å². The van der Waals surface area contributed by atoms with Gasteiger partial charge in [-0.1, -0.05) is 29.8 Å². The Hall–Kier alpha value is -3.89. The number of fused-ring (bicyclic) bond motifs is 1. The minimum Gasteiger partial charge on any atom is -0.504 e. The molecule has 1 atom stereocenters. The van der Waals surface area contributed by atoms with Crippen molar-refractivity contribution < 1.29 is 14.9 Å². The summed E-state index contributed by atoms with van der Waals surface area (Å²) in [6.07, 6.45) is 0.444. The summed E-state index contributed by atoms with van der Waals surface area (Å²) in [5.41, 5.74) is 8.27. The zero-order valence-electron chi connectivity index (χ0n) is 17.2. The number of ether oxygens (including phenoxy) is 1. The van der Waals surface area contributed by atoms with E-state index in [1.807, 2.05) is 0 Å². The van der Waals surface area contributed by atoms with Gasteiger partial charge >= 0.3 is 0 Å². The molecule has 7 nitrogen and oxygen atoms in total. The molecular formula is C24H20ClN3O4. The smallest absolute Gasteiger partial charge is 0.258 e. The van der Waals surface area contributed by atoms with Crippen molar-refractivity contribution in [1.82, 2.24) is 4.57 Å². The van der Waals surface area contributed by atoms with Crippen LogP contribution in [0.25, 0.3) is 0 Å². The van der Waals surface area contributed by atoms with Crippen LogP contribution in [-0.4, -0.2) is 14.8 Å².